The zero-order chi connectivity index (χ0) is 19.1. The van der Waals surface area contributed by atoms with E-state index in [0.29, 0.717) is 24.7 Å². The summed E-state index contributed by atoms with van der Waals surface area (Å²) in [7, 11) is 0. The summed E-state index contributed by atoms with van der Waals surface area (Å²) in [5, 5.41) is 13.9. The van der Waals surface area contributed by atoms with Gasteiger partial charge in [0.1, 0.15) is 6.61 Å². The molecule has 1 saturated heterocycles. The Morgan fingerprint density at radius 1 is 1.37 bits per heavy atom. The van der Waals surface area contributed by atoms with Crippen molar-refractivity contribution in [1.29, 1.82) is 0 Å². The molecule has 2 aromatic rings. The first-order valence-electron chi connectivity index (χ1n) is 8.95. The number of halogens is 1. The summed E-state index contributed by atoms with van der Waals surface area (Å²) in [4.78, 5) is 23.0. The summed E-state index contributed by atoms with van der Waals surface area (Å²) in [5.74, 6) is -0.996. The fourth-order valence-corrected chi connectivity index (χ4v) is 3.27. The Morgan fingerprint density at radius 2 is 2.19 bits per heavy atom. The Hall–Kier alpha value is -2.44. The van der Waals surface area contributed by atoms with E-state index in [4.69, 9.17) is 21.5 Å². The van der Waals surface area contributed by atoms with E-state index in [-0.39, 0.29) is 5.92 Å². The van der Waals surface area contributed by atoms with Gasteiger partial charge < -0.3 is 9.94 Å². The van der Waals surface area contributed by atoms with Crippen LogP contribution in [0.2, 0.25) is 5.02 Å². The first-order valence-corrected chi connectivity index (χ1v) is 9.33. The van der Waals surface area contributed by atoms with E-state index < -0.39 is 5.97 Å². The molecule has 142 valence electrons. The fourth-order valence-electron chi connectivity index (χ4n) is 3.15. The minimum absolute atomic E-state index is 0.278. The van der Waals surface area contributed by atoms with Crippen molar-refractivity contribution >= 4 is 23.8 Å². The van der Waals surface area contributed by atoms with Crippen LogP contribution in [0.1, 0.15) is 18.4 Å². The number of likely N-dealkylation sites (tertiary alicyclic amines) is 1. The van der Waals surface area contributed by atoms with E-state index in [0.717, 1.165) is 36.2 Å². The number of hydrogen-bond acceptors (Lipinski definition) is 5. The van der Waals surface area contributed by atoms with E-state index in [1.54, 1.807) is 12.4 Å². The van der Waals surface area contributed by atoms with E-state index in [1.807, 2.05) is 36.4 Å². The number of oxime groups is 1. The Bertz CT molecular complexity index is 795. The second kappa shape index (κ2) is 9.48. The highest BCUT2D eigenvalue weighted by molar-refractivity contribution is 6.30. The van der Waals surface area contributed by atoms with E-state index in [2.05, 4.69) is 15.0 Å². The van der Waals surface area contributed by atoms with Crippen molar-refractivity contribution in [2.24, 2.45) is 11.1 Å². The normalized spacial score (nSPS) is 17.9. The summed E-state index contributed by atoms with van der Waals surface area (Å²) in [6.45, 7) is 2.56. The molecule has 1 N–H and O–H groups in total. The highest BCUT2D eigenvalue weighted by atomic mass is 35.5. The molecule has 0 radical (unpaired) electrons. The van der Waals surface area contributed by atoms with Crippen LogP contribution in [0.25, 0.3) is 11.3 Å². The van der Waals surface area contributed by atoms with Crippen molar-refractivity contribution in [3.8, 4) is 11.3 Å². The molecule has 1 aliphatic rings. The molecule has 0 aliphatic carbocycles. The Morgan fingerprint density at radius 3 is 2.96 bits per heavy atom. The van der Waals surface area contributed by atoms with Gasteiger partial charge in [0.25, 0.3) is 0 Å². The number of aliphatic carboxylic acids is 1. The van der Waals surface area contributed by atoms with Crippen LogP contribution in [0.4, 0.5) is 0 Å². The molecule has 0 amide bonds. The van der Waals surface area contributed by atoms with Gasteiger partial charge in [-0.3, -0.25) is 14.7 Å². The molecule has 3 rings (SSSR count). The van der Waals surface area contributed by atoms with Crippen LogP contribution in [0.5, 0.6) is 0 Å². The quantitative estimate of drug-likeness (QED) is 0.446. The summed E-state index contributed by atoms with van der Waals surface area (Å²) < 4.78 is 0. The highest BCUT2D eigenvalue weighted by Gasteiger charge is 2.24. The van der Waals surface area contributed by atoms with Crippen molar-refractivity contribution in [3.63, 3.8) is 0 Å². The fraction of sp³-hybridized carbons (Fsp3) is 0.350. The first kappa shape index (κ1) is 19.3. The Labute approximate surface area is 163 Å². The number of carboxylic acids is 1. The molecule has 1 aromatic heterocycles. The van der Waals surface area contributed by atoms with Gasteiger partial charge in [0, 0.05) is 35.4 Å². The van der Waals surface area contributed by atoms with Crippen LogP contribution >= 0.6 is 11.6 Å². The summed E-state index contributed by atoms with van der Waals surface area (Å²) >= 11 is 5.94. The zero-order valence-corrected chi connectivity index (χ0v) is 15.7. The van der Waals surface area contributed by atoms with Gasteiger partial charge in [0.15, 0.2) is 0 Å². The van der Waals surface area contributed by atoms with Gasteiger partial charge >= 0.3 is 5.97 Å². The zero-order valence-electron chi connectivity index (χ0n) is 14.9. The minimum Gasteiger partial charge on any atom is -0.481 e. The molecule has 1 unspecified atom stereocenters. The third-order valence-corrected chi connectivity index (χ3v) is 4.83. The van der Waals surface area contributed by atoms with Gasteiger partial charge in [-0.15, -0.1) is 0 Å². The van der Waals surface area contributed by atoms with Gasteiger partial charge in [-0.1, -0.05) is 28.9 Å². The maximum absolute atomic E-state index is 11.1. The van der Waals surface area contributed by atoms with Crippen LogP contribution in [-0.4, -0.2) is 53.4 Å². The number of aromatic nitrogens is 1. The first-order chi connectivity index (χ1) is 13.1. The smallest absolute Gasteiger partial charge is 0.307 e. The third-order valence-electron chi connectivity index (χ3n) is 4.58. The molecule has 0 bridgehead atoms. The summed E-state index contributed by atoms with van der Waals surface area (Å²) in [6, 6.07) is 11.3. The monoisotopic (exact) mass is 387 g/mol. The maximum atomic E-state index is 11.1. The average molecular weight is 388 g/mol. The molecule has 0 spiro atoms. The van der Waals surface area contributed by atoms with E-state index in [1.165, 1.54) is 0 Å². The van der Waals surface area contributed by atoms with E-state index >= 15 is 0 Å². The standard InChI is InChI=1S/C20H22ClN3O3/c21-18-7-5-15(6-8-18)19-16(3-1-9-22-19)13-23-27-12-11-24-10-2-4-17(14-24)20(25)26/h1,3,5-9,13,17H,2,4,10-12,14H2,(H,25,26)/b23-13+. The summed E-state index contributed by atoms with van der Waals surface area (Å²) in [6.07, 6.45) is 5.03. The molecule has 1 atom stereocenters. The maximum Gasteiger partial charge on any atom is 0.307 e. The molecular formula is C20H22ClN3O3. The minimum atomic E-state index is -0.718. The van der Waals surface area contributed by atoms with Gasteiger partial charge in [-0.25, -0.2) is 0 Å². The number of nitrogens with zero attached hydrogens (tertiary/aromatic N) is 3. The van der Waals surface area contributed by atoms with Crippen molar-refractivity contribution < 1.29 is 14.7 Å². The average Bonchev–Trinajstić information content (AvgIpc) is 2.69. The topological polar surface area (TPSA) is 75.0 Å². The van der Waals surface area contributed by atoms with Crippen molar-refractivity contribution in [3.05, 3.63) is 53.2 Å². The molecular weight excluding hydrogens is 366 g/mol. The molecule has 0 saturated carbocycles. The number of rotatable bonds is 7. The SMILES string of the molecule is O=C(O)C1CCCN(CCO/N=C/c2cccnc2-c2ccc(Cl)cc2)C1. The molecule has 2 heterocycles. The molecule has 6 nitrogen and oxygen atoms in total. The predicted molar refractivity (Wildman–Crippen MR) is 105 cm³/mol. The van der Waals surface area contributed by atoms with Crippen LogP contribution < -0.4 is 0 Å². The van der Waals surface area contributed by atoms with Crippen LogP contribution in [-0.2, 0) is 9.63 Å². The lowest BCUT2D eigenvalue weighted by Crippen LogP contribution is -2.40. The third kappa shape index (κ3) is 5.52. The van der Waals surface area contributed by atoms with Gasteiger partial charge in [-0.05, 0) is 43.7 Å². The van der Waals surface area contributed by atoms with Crippen LogP contribution in [0.3, 0.4) is 0 Å². The largest absolute Gasteiger partial charge is 0.481 e. The van der Waals surface area contributed by atoms with Crippen molar-refractivity contribution in [2.75, 3.05) is 26.2 Å². The van der Waals surface area contributed by atoms with Crippen LogP contribution in [0.15, 0.2) is 47.8 Å². The molecule has 27 heavy (non-hydrogen) atoms. The number of benzene rings is 1. The number of carbonyl (C=O) groups is 1. The predicted octanol–water partition coefficient (Wildman–Crippen LogP) is 3.55. The van der Waals surface area contributed by atoms with Gasteiger partial charge in [-0.2, -0.15) is 0 Å². The van der Waals surface area contributed by atoms with E-state index in [9.17, 15) is 4.79 Å². The summed E-state index contributed by atoms with van der Waals surface area (Å²) in [5.41, 5.74) is 2.61. The number of hydrogen-bond donors (Lipinski definition) is 1. The van der Waals surface area contributed by atoms with Crippen LogP contribution in [0, 0.1) is 5.92 Å². The molecule has 7 heteroatoms. The molecule has 1 fully saturated rings. The second-order valence-electron chi connectivity index (χ2n) is 6.49. The van der Waals surface area contributed by atoms with Crippen molar-refractivity contribution in [2.45, 2.75) is 12.8 Å². The van der Waals surface area contributed by atoms with Gasteiger partial charge in [0.2, 0.25) is 0 Å². The molecule has 1 aliphatic heterocycles. The lowest BCUT2D eigenvalue weighted by molar-refractivity contribution is -0.143. The van der Waals surface area contributed by atoms with Crippen molar-refractivity contribution in [1.82, 2.24) is 9.88 Å². The lowest BCUT2D eigenvalue weighted by atomic mass is 9.98. The lowest BCUT2D eigenvalue weighted by Gasteiger charge is -2.29. The Kier molecular flexibility index (Phi) is 6.79. The number of piperidine rings is 1. The molecule has 1 aromatic carbocycles. The van der Waals surface area contributed by atoms with Gasteiger partial charge in [0.05, 0.1) is 17.8 Å². The number of pyridine rings is 1. The Balaban J connectivity index is 1.53. The highest BCUT2D eigenvalue weighted by Crippen LogP contribution is 2.22. The second-order valence-corrected chi connectivity index (χ2v) is 6.93. The number of carboxylic acid groups (broad SMARTS) is 1.